The molecule has 0 aliphatic heterocycles. The Bertz CT molecular complexity index is 1130. The molecule has 0 saturated heterocycles. The number of carbonyl (C=O) groups is 4. The lowest BCUT2D eigenvalue weighted by Gasteiger charge is -2.36. The van der Waals surface area contributed by atoms with E-state index in [1.807, 2.05) is 18.2 Å². The van der Waals surface area contributed by atoms with E-state index in [0.29, 0.717) is 16.7 Å². The zero-order valence-corrected chi connectivity index (χ0v) is 21.3. The van der Waals surface area contributed by atoms with Gasteiger partial charge in [-0.25, -0.2) is 4.79 Å². The molecule has 3 aromatic carbocycles. The minimum Gasteiger partial charge on any atom is -0.480 e. The molecule has 0 unspecified atom stereocenters. The molecule has 8 heteroatoms. The first-order chi connectivity index (χ1) is 18.4. The highest BCUT2D eigenvalue weighted by molar-refractivity contribution is 5.99. The molecule has 2 N–H and O–H groups in total. The van der Waals surface area contributed by atoms with Crippen LogP contribution in [0.4, 0.5) is 0 Å². The average molecular weight is 518 g/mol. The molecular formula is C30H31NO7. The molecule has 38 heavy (non-hydrogen) atoms. The number of rotatable bonds is 12. The van der Waals surface area contributed by atoms with Crippen LogP contribution in [0.25, 0.3) is 0 Å². The zero-order chi connectivity index (χ0) is 27.5. The normalized spacial score (nSPS) is 12.6. The highest BCUT2D eigenvalue weighted by atomic mass is 16.5. The van der Waals surface area contributed by atoms with E-state index in [-0.39, 0.29) is 13.2 Å². The predicted molar refractivity (Wildman–Crippen MR) is 140 cm³/mol. The summed E-state index contributed by atoms with van der Waals surface area (Å²) in [7, 11) is 0. The predicted octanol–water partition coefficient (Wildman–Crippen LogP) is 3.72. The monoisotopic (exact) mass is 517 g/mol. The van der Waals surface area contributed by atoms with Gasteiger partial charge in [-0.05, 0) is 30.5 Å². The summed E-state index contributed by atoms with van der Waals surface area (Å²) in [5, 5.41) is 12.7. The number of carbonyl (C=O) groups excluding carboxylic acids is 3. The molecule has 198 valence electrons. The molecule has 0 aliphatic carbocycles. The molecular weight excluding hydrogens is 486 g/mol. The number of benzene rings is 3. The van der Waals surface area contributed by atoms with Crippen LogP contribution >= 0.6 is 0 Å². The second-order valence-electron chi connectivity index (χ2n) is 8.51. The Balaban J connectivity index is 2.19. The van der Waals surface area contributed by atoms with Crippen molar-refractivity contribution in [2.45, 2.75) is 31.7 Å². The van der Waals surface area contributed by atoms with Gasteiger partial charge >= 0.3 is 17.9 Å². The lowest BCUT2D eigenvalue weighted by atomic mass is 9.68. The first kappa shape index (κ1) is 28.1. The van der Waals surface area contributed by atoms with Crippen molar-refractivity contribution in [3.63, 3.8) is 0 Å². The van der Waals surface area contributed by atoms with Crippen molar-refractivity contribution in [1.29, 1.82) is 0 Å². The van der Waals surface area contributed by atoms with Crippen LogP contribution in [0.15, 0.2) is 91.0 Å². The van der Waals surface area contributed by atoms with Crippen LogP contribution in [-0.4, -0.2) is 48.2 Å². The van der Waals surface area contributed by atoms with Gasteiger partial charge in [0.25, 0.3) is 0 Å². The summed E-state index contributed by atoms with van der Waals surface area (Å²) in [5.74, 6) is -5.35. The van der Waals surface area contributed by atoms with E-state index in [1.165, 1.54) is 0 Å². The molecule has 2 atom stereocenters. The first-order valence-corrected chi connectivity index (χ1v) is 12.4. The van der Waals surface area contributed by atoms with Crippen molar-refractivity contribution in [2.24, 2.45) is 5.92 Å². The van der Waals surface area contributed by atoms with Crippen molar-refractivity contribution in [3.8, 4) is 0 Å². The number of aliphatic carboxylic acids is 1. The minimum absolute atomic E-state index is 0.0274. The molecule has 0 saturated carbocycles. The number of hydrogen-bond acceptors (Lipinski definition) is 6. The highest BCUT2D eigenvalue weighted by Crippen LogP contribution is 2.40. The summed E-state index contributed by atoms with van der Waals surface area (Å²) in [5.41, 5.74) is 0.312. The summed E-state index contributed by atoms with van der Waals surface area (Å²) >= 11 is 0. The molecule has 0 aliphatic rings. The molecule has 3 rings (SSSR count). The second-order valence-corrected chi connectivity index (χ2v) is 8.51. The number of ether oxygens (including phenoxy) is 2. The van der Waals surface area contributed by atoms with Gasteiger partial charge in [-0.1, -0.05) is 91.0 Å². The van der Waals surface area contributed by atoms with Crippen molar-refractivity contribution in [1.82, 2.24) is 5.32 Å². The molecule has 0 radical (unpaired) electrons. The summed E-state index contributed by atoms with van der Waals surface area (Å²) < 4.78 is 10.0. The van der Waals surface area contributed by atoms with E-state index in [1.54, 1.807) is 86.6 Å². The number of carboxylic acids is 1. The van der Waals surface area contributed by atoms with Crippen LogP contribution in [0.2, 0.25) is 0 Å². The van der Waals surface area contributed by atoms with Gasteiger partial charge in [-0.15, -0.1) is 0 Å². The largest absolute Gasteiger partial charge is 0.480 e. The van der Waals surface area contributed by atoms with Crippen molar-refractivity contribution in [2.75, 3.05) is 13.2 Å². The molecule has 3 aromatic rings. The smallest absolute Gasteiger partial charge is 0.327 e. The minimum atomic E-state index is -1.76. The maximum absolute atomic E-state index is 14.4. The molecule has 0 heterocycles. The standard InChI is InChI=1S/C30H31NO7/c1-3-37-25(32)20-24(28(35)38-4-2)26(27(33)34)31-29(36)30(21-14-8-5-9-15-21,22-16-10-6-11-17-22)23-18-12-7-13-19-23/h5-19,24,26H,3-4,20H2,1-2H3,(H,31,36)(H,33,34)/t24-,26+/m1/s1. The number of hydrogen-bond donors (Lipinski definition) is 2. The maximum Gasteiger partial charge on any atom is 0.327 e. The van der Waals surface area contributed by atoms with Crippen molar-refractivity contribution < 1.29 is 33.8 Å². The van der Waals surface area contributed by atoms with Gasteiger partial charge in [-0.2, -0.15) is 0 Å². The average Bonchev–Trinajstić information content (AvgIpc) is 2.93. The third-order valence-electron chi connectivity index (χ3n) is 6.20. The summed E-state index contributed by atoms with van der Waals surface area (Å²) in [6, 6.07) is 25.2. The lowest BCUT2D eigenvalue weighted by Crippen LogP contribution is -2.56. The van der Waals surface area contributed by atoms with E-state index >= 15 is 0 Å². The Morgan fingerprint density at radius 2 is 1.16 bits per heavy atom. The van der Waals surface area contributed by atoms with Crippen molar-refractivity contribution >= 4 is 23.8 Å². The van der Waals surface area contributed by atoms with Gasteiger partial charge in [-0.3, -0.25) is 14.4 Å². The van der Waals surface area contributed by atoms with Crippen LogP contribution in [-0.2, 0) is 34.1 Å². The lowest BCUT2D eigenvalue weighted by molar-refractivity contribution is -0.160. The van der Waals surface area contributed by atoms with E-state index < -0.39 is 47.6 Å². The van der Waals surface area contributed by atoms with Gasteiger partial charge in [0.05, 0.1) is 25.6 Å². The van der Waals surface area contributed by atoms with E-state index in [9.17, 15) is 24.3 Å². The SMILES string of the molecule is CCOC(=O)C[C@@H](C(=O)OCC)[C@H](NC(=O)C(c1ccccc1)(c1ccccc1)c1ccccc1)C(=O)O. The second kappa shape index (κ2) is 13.2. The number of nitrogens with one attached hydrogen (secondary N) is 1. The Kier molecular flexibility index (Phi) is 9.76. The third-order valence-corrected chi connectivity index (χ3v) is 6.20. The summed E-state index contributed by atoms with van der Waals surface area (Å²) in [4.78, 5) is 52.0. The van der Waals surface area contributed by atoms with E-state index in [0.717, 1.165) is 0 Å². The Morgan fingerprint density at radius 3 is 1.53 bits per heavy atom. The maximum atomic E-state index is 14.4. The van der Waals surface area contributed by atoms with Crippen LogP contribution in [0.3, 0.4) is 0 Å². The topological polar surface area (TPSA) is 119 Å². The van der Waals surface area contributed by atoms with Gasteiger partial charge in [0.15, 0.2) is 0 Å². The van der Waals surface area contributed by atoms with Gasteiger partial charge in [0.1, 0.15) is 11.5 Å². The molecule has 0 fully saturated rings. The van der Waals surface area contributed by atoms with E-state index in [4.69, 9.17) is 9.47 Å². The summed E-state index contributed by atoms with van der Waals surface area (Å²) in [6.07, 6.45) is -0.571. The Hall–Kier alpha value is -4.46. The van der Waals surface area contributed by atoms with Crippen LogP contribution in [0.5, 0.6) is 0 Å². The molecule has 0 aromatic heterocycles. The molecule has 1 amide bonds. The third kappa shape index (κ3) is 6.08. The quantitative estimate of drug-likeness (QED) is 0.278. The first-order valence-electron chi connectivity index (χ1n) is 12.4. The fourth-order valence-electron chi connectivity index (χ4n) is 4.53. The van der Waals surface area contributed by atoms with Gasteiger partial charge in [0, 0.05) is 0 Å². The number of esters is 2. The van der Waals surface area contributed by atoms with Crippen LogP contribution < -0.4 is 5.32 Å². The molecule has 0 spiro atoms. The fraction of sp³-hybridized carbons (Fsp3) is 0.267. The Morgan fingerprint density at radius 1 is 0.737 bits per heavy atom. The molecule has 0 bridgehead atoms. The van der Waals surface area contributed by atoms with Crippen LogP contribution in [0, 0.1) is 5.92 Å². The highest BCUT2D eigenvalue weighted by Gasteiger charge is 2.47. The van der Waals surface area contributed by atoms with Crippen LogP contribution in [0.1, 0.15) is 37.0 Å². The fourth-order valence-corrected chi connectivity index (χ4v) is 4.53. The Labute approximate surface area is 221 Å². The van der Waals surface area contributed by atoms with Gasteiger partial charge in [0.2, 0.25) is 5.91 Å². The van der Waals surface area contributed by atoms with Gasteiger partial charge < -0.3 is 19.9 Å². The van der Waals surface area contributed by atoms with Crippen molar-refractivity contribution in [3.05, 3.63) is 108 Å². The molecule has 8 nitrogen and oxygen atoms in total. The number of amides is 1. The van der Waals surface area contributed by atoms with E-state index in [2.05, 4.69) is 5.32 Å². The summed E-state index contributed by atoms with van der Waals surface area (Å²) in [6.45, 7) is 3.19. The zero-order valence-electron chi connectivity index (χ0n) is 21.3. The number of carboxylic acid groups (broad SMARTS) is 1.